The van der Waals surface area contributed by atoms with Gasteiger partial charge >= 0.3 is 4.87 Å². The van der Waals surface area contributed by atoms with Crippen molar-refractivity contribution in [1.82, 2.24) is 14.8 Å². The van der Waals surface area contributed by atoms with Crippen LogP contribution in [0, 0.1) is 6.92 Å². The summed E-state index contributed by atoms with van der Waals surface area (Å²) in [5.41, 5.74) is 1.76. The van der Waals surface area contributed by atoms with Gasteiger partial charge in [0.25, 0.3) is 11.8 Å². The highest BCUT2D eigenvalue weighted by Crippen LogP contribution is 2.11. The van der Waals surface area contributed by atoms with Crippen LogP contribution in [-0.4, -0.2) is 26.6 Å². The summed E-state index contributed by atoms with van der Waals surface area (Å²) < 4.78 is 0.727. The fourth-order valence-electron chi connectivity index (χ4n) is 1.95. The molecule has 0 spiro atoms. The van der Waals surface area contributed by atoms with Gasteiger partial charge in [-0.2, -0.15) is 0 Å². The lowest BCUT2D eigenvalue weighted by atomic mass is 10.1. The summed E-state index contributed by atoms with van der Waals surface area (Å²) in [7, 11) is 0. The first kappa shape index (κ1) is 15.8. The van der Waals surface area contributed by atoms with Crippen molar-refractivity contribution in [3.8, 4) is 0 Å². The van der Waals surface area contributed by atoms with Crippen LogP contribution >= 0.6 is 11.3 Å². The molecule has 0 aliphatic heterocycles. The van der Waals surface area contributed by atoms with E-state index >= 15 is 0 Å². The maximum atomic E-state index is 12.2. The van der Waals surface area contributed by atoms with E-state index in [1.54, 1.807) is 12.1 Å². The lowest BCUT2D eigenvalue weighted by Crippen LogP contribution is -2.24. The molecule has 1 amide bonds. The number of aryl methyl sites for hydroxylation is 1. The lowest BCUT2D eigenvalue weighted by molar-refractivity contribution is 0.0940. The number of hydrogen-bond acceptors (Lipinski definition) is 6. The summed E-state index contributed by atoms with van der Waals surface area (Å²) in [6.07, 6.45) is 2.90. The van der Waals surface area contributed by atoms with Crippen molar-refractivity contribution in [3.05, 3.63) is 75.1 Å². The molecule has 3 rings (SSSR count). The molecule has 7 nitrogen and oxygen atoms in total. The molecule has 120 valence electrons. The third-order valence-corrected chi connectivity index (χ3v) is 3.93. The number of benzene rings is 1. The van der Waals surface area contributed by atoms with Crippen molar-refractivity contribution in [1.29, 1.82) is 0 Å². The van der Waals surface area contributed by atoms with Gasteiger partial charge in [0.2, 0.25) is 5.13 Å². The molecule has 0 aliphatic carbocycles. The predicted molar refractivity (Wildman–Crippen MR) is 89.5 cm³/mol. The molecule has 2 heterocycles. The van der Waals surface area contributed by atoms with Crippen LogP contribution in [-0.2, 0) is 0 Å². The van der Waals surface area contributed by atoms with Gasteiger partial charge in [-0.1, -0.05) is 17.7 Å². The smallest absolute Gasteiger partial charge is 0.296 e. The minimum Gasteiger partial charge on any atom is -0.296 e. The number of aromatic nitrogens is 3. The first-order valence-corrected chi connectivity index (χ1v) is 7.79. The lowest BCUT2D eigenvalue weighted by Gasteiger charge is -2.01. The van der Waals surface area contributed by atoms with Gasteiger partial charge in [-0.25, -0.2) is 0 Å². The van der Waals surface area contributed by atoms with Crippen LogP contribution < -0.4 is 10.2 Å². The molecule has 0 radical (unpaired) electrons. The van der Waals surface area contributed by atoms with Crippen molar-refractivity contribution in [2.24, 2.45) is 0 Å². The second-order valence-corrected chi connectivity index (χ2v) is 5.89. The van der Waals surface area contributed by atoms with Crippen LogP contribution in [0.15, 0.2) is 53.6 Å². The predicted octanol–water partition coefficient (Wildman–Crippen LogP) is 1.95. The summed E-state index contributed by atoms with van der Waals surface area (Å²) in [4.78, 5) is 39.6. The summed E-state index contributed by atoms with van der Waals surface area (Å²) in [6, 6.07) is 9.93. The normalized spacial score (nSPS) is 10.4. The van der Waals surface area contributed by atoms with E-state index in [1.807, 2.05) is 19.1 Å². The zero-order chi connectivity index (χ0) is 17.1. The minimum absolute atomic E-state index is 0.0629. The maximum absolute atomic E-state index is 12.2. The molecule has 0 unspecified atom stereocenters. The van der Waals surface area contributed by atoms with Crippen LogP contribution in [0.25, 0.3) is 0 Å². The fraction of sp³-hybridized carbons (Fsp3) is 0.0625. The average Bonchev–Trinajstić information content (AvgIpc) is 2.95. The highest BCUT2D eigenvalue weighted by Gasteiger charge is 2.17. The zero-order valence-electron chi connectivity index (χ0n) is 12.6. The van der Waals surface area contributed by atoms with Crippen LogP contribution in [0.1, 0.15) is 26.3 Å². The Balaban J connectivity index is 1.81. The van der Waals surface area contributed by atoms with E-state index < -0.39 is 16.7 Å². The van der Waals surface area contributed by atoms with Crippen LogP contribution in [0.3, 0.4) is 0 Å². The van der Waals surface area contributed by atoms with Gasteiger partial charge in [-0.3, -0.25) is 24.7 Å². The molecule has 0 bridgehead atoms. The minimum atomic E-state index is -0.575. The van der Waals surface area contributed by atoms with Crippen molar-refractivity contribution in [2.75, 3.05) is 5.32 Å². The van der Waals surface area contributed by atoms with Gasteiger partial charge in [0.15, 0.2) is 0 Å². The highest BCUT2D eigenvalue weighted by atomic mass is 32.1. The van der Waals surface area contributed by atoms with E-state index in [0.29, 0.717) is 16.9 Å². The number of nitrogens with one attached hydrogen (secondary N) is 1. The van der Waals surface area contributed by atoms with Gasteiger partial charge in [0.05, 0.1) is 0 Å². The number of anilines is 1. The van der Waals surface area contributed by atoms with Gasteiger partial charge in [-0.05, 0) is 42.5 Å². The zero-order valence-corrected chi connectivity index (χ0v) is 13.4. The van der Waals surface area contributed by atoms with Crippen molar-refractivity contribution >= 4 is 28.3 Å². The third kappa shape index (κ3) is 3.28. The second-order valence-electron chi connectivity index (χ2n) is 4.95. The van der Waals surface area contributed by atoms with Crippen LogP contribution in [0.5, 0.6) is 0 Å². The maximum Gasteiger partial charge on any atom is 0.334 e. The first-order valence-electron chi connectivity index (χ1n) is 6.97. The van der Waals surface area contributed by atoms with Crippen molar-refractivity contribution < 1.29 is 9.59 Å². The van der Waals surface area contributed by atoms with Gasteiger partial charge in [0, 0.05) is 23.5 Å². The first-order chi connectivity index (χ1) is 11.5. The second kappa shape index (κ2) is 6.55. The van der Waals surface area contributed by atoms with E-state index in [0.717, 1.165) is 10.2 Å². The number of carbonyl (C=O) groups excluding carboxylic acids is 2. The molecular weight excluding hydrogens is 328 g/mol. The number of amides is 1. The van der Waals surface area contributed by atoms with E-state index in [9.17, 15) is 14.4 Å². The Morgan fingerprint density at radius 2 is 1.71 bits per heavy atom. The average molecular weight is 340 g/mol. The van der Waals surface area contributed by atoms with E-state index in [-0.39, 0.29) is 10.7 Å². The molecule has 0 saturated carbocycles. The highest BCUT2D eigenvalue weighted by molar-refractivity contribution is 7.13. The Hall–Kier alpha value is -3.13. The van der Waals surface area contributed by atoms with Gasteiger partial charge in [-0.15, -0.1) is 9.78 Å². The summed E-state index contributed by atoms with van der Waals surface area (Å²) in [6.45, 7) is 1.92. The Labute approximate surface area is 140 Å². The third-order valence-electron chi connectivity index (χ3n) is 3.20. The Bertz CT molecular complexity index is 945. The SMILES string of the molecule is Cc1ccc(C(=O)Nc2nn(C(=O)c3ccncc3)c(=O)s2)cc1. The number of carbonyl (C=O) groups is 2. The van der Waals surface area contributed by atoms with E-state index in [1.165, 1.54) is 24.5 Å². The molecular formula is C16H12N4O3S. The molecule has 0 aliphatic rings. The number of hydrogen-bond donors (Lipinski definition) is 1. The molecule has 8 heteroatoms. The standard InChI is InChI=1S/C16H12N4O3S/c1-10-2-4-11(5-3-10)13(21)18-15-19-20(16(23)24-15)14(22)12-6-8-17-9-7-12/h2-9H,1H3,(H,18,19,21). The van der Waals surface area contributed by atoms with E-state index in [4.69, 9.17) is 0 Å². The Kier molecular flexibility index (Phi) is 4.30. The molecule has 3 aromatic rings. The topological polar surface area (TPSA) is 93.9 Å². The molecule has 0 fully saturated rings. The number of pyridine rings is 1. The van der Waals surface area contributed by atoms with Gasteiger partial charge < -0.3 is 0 Å². The molecule has 1 aromatic carbocycles. The van der Waals surface area contributed by atoms with Crippen molar-refractivity contribution in [3.63, 3.8) is 0 Å². The number of nitrogens with zero attached hydrogens (tertiary/aromatic N) is 3. The molecule has 0 saturated heterocycles. The Morgan fingerprint density at radius 3 is 2.38 bits per heavy atom. The molecule has 1 N–H and O–H groups in total. The fourth-order valence-corrected chi connectivity index (χ4v) is 2.59. The van der Waals surface area contributed by atoms with Crippen LogP contribution in [0.2, 0.25) is 0 Å². The summed E-state index contributed by atoms with van der Waals surface area (Å²) in [5, 5.41) is 6.48. The quantitative estimate of drug-likeness (QED) is 0.786. The molecule has 24 heavy (non-hydrogen) atoms. The summed E-state index contributed by atoms with van der Waals surface area (Å²) >= 11 is 0.691. The molecule has 0 atom stereocenters. The largest absolute Gasteiger partial charge is 0.334 e. The molecule has 2 aromatic heterocycles. The Morgan fingerprint density at radius 1 is 1.04 bits per heavy atom. The summed E-state index contributed by atoms with van der Waals surface area (Å²) in [5.74, 6) is -0.971. The van der Waals surface area contributed by atoms with E-state index in [2.05, 4.69) is 15.4 Å². The number of rotatable bonds is 3. The van der Waals surface area contributed by atoms with Crippen LogP contribution in [0.4, 0.5) is 5.13 Å². The van der Waals surface area contributed by atoms with Gasteiger partial charge in [0.1, 0.15) is 0 Å². The monoisotopic (exact) mass is 340 g/mol. The van der Waals surface area contributed by atoms with Crippen molar-refractivity contribution in [2.45, 2.75) is 6.92 Å².